The van der Waals surface area contributed by atoms with E-state index in [1.165, 1.54) is 17.4 Å². The molecule has 1 aromatic heterocycles. The zero-order valence-electron chi connectivity index (χ0n) is 14.7. The number of halogens is 2. The van der Waals surface area contributed by atoms with E-state index in [9.17, 15) is 17.6 Å². The molecule has 0 spiro atoms. The maximum atomic E-state index is 13.8. The van der Waals surface area contributed by atoms with Crippen molar-refractivity contribution >= 4 is 44.6 Å². The third-order valence-corrected chi connectivity index (χ3v) is 7.56. The van der Waals surface area contributed by atoms with E-state index in [0.29, 0.717) is 30.2 Å². The lowest BCUT2D eigenvalue weighted by molar-refractivity contribution is -0.119. The molecule has 1 aliphatic heterocycles. The van der Waals surface area contributed by atoms with Gasteiger partial charge in [0.1, 0.15) is 5.82 Å². The van der Waals surface area contributed by atoms with Gasteiger partial charge >= 0.3 is 0 Å². The van der Waals surface area contributed by atoms with E-state index >= 15 is 0 Å². The molecule has 0 saturated carbocycles. The fourth-order valence-electron chi connectivity index (χ4n) is 3.08. The van der Waals surface area contributed by atoms with Gasteiger partial charge in [-0.1, -0.05) is 18.2 Å². The molecule has 0 aliphatic carbocycles. The normalized spacial score (nSPS) is 16.4. The third-order valence-electron chi connectivity index (χ3n) is 4.63. The summed E-state index contributed by atoms with van der Waals surface area (Å²) in [7, 11) is -3.58. The highest BCUT2D eigenvalue weighted by Gasteiger charge is 2.48. The Bertz CT molecular complexity index is 912. The summed E-state index contributed by atoms with van der Waals surface area (Å²) in [4.78, 5) is 17.7. The van der Waals surface area contributed by atoms with E-state index in [1.54, 1.807) is 24.4 Å². The minimum absolute atomic E-state index is 0. The van der Waals surface area contributed by atoms with Gasteiger partial charge in [0.25, 0.3) is 0 Å². The van der Waals surface area contributed by atoms with Crippen molar-refractivity contribution < 1.29 is 17.6 Å². The van der Waals surface area contributed by atoms with E-state index in [1.807, 2.05) is 0 Å². The second-order valence-corrected chi connectivity index (χ2v) is 9.81. The van der Waals surface area contributed by atoms with Crippen molar-refractivity contribution in [2.75, 3.05) is 24.7 Å². The van der Waals surface area contributed by atoms with Crippen LogP contribution in [0.25, 0.3) is 0 Å². The highest BCUT2D eigenvalue weighted by molar-refractivity contribution is 7.92. The van der Waals surface area contributed by atoms with Crippen molar-refractivity contribution in [1.82, 2.24) is 10.3 Å². The van der Waals surface area contributed by atoms with E-state index < -0.39 is 20.5 Å². The number of anilines is 1. The Balaban J connectivity index is 0.00000261. The summed E-state index contributed by atoms with van der Waals surface area (Å²) in [5.74, 6) is -0.842. The molecule has 2 heterocycles. The number of benzene rings is 1. The van der Waals surface area contributed by atoms with Crippen LogP contribution in [0.1, 0.15) is 23.3 Å². The summed E-state index contributed by atoms with van der Waals surface area (Å²) in [6.07, 6.45) is 3.49. The summed E-state index contributed by atoms with van der Waals surface area (Å²) in [6.45, 7) is 0.938. The number of hydrogen-bond donors (Lipinski definition) is 2. The van der Waals surface area contributed by atoms with Crippen LogP contribution in [-0.2, 0) is 21.1 Å². The van der Waals surface area contributed by atoms with Crippen molar-refractivity contribution in [3.8, 4) is 0 Å². The van der Waals surface area contributed by atoms with Crippen LogP contribution in [0.2, 0.25) is 0 Å². The van der Waals surface area contributed by atoms with Gasteiger partial charge in [0.2, 0.25) is 5.91 Å². The molecule has 0 unspecified atom stereocenters. The first kappa shape index (κ1) is 21.7. The van der Waals surface area contributed by atoms with Crippen molar-refractivity contribution in [3.63, 3.8) is 0 Å². The van der Waals surface area contributed by atoms with Crippen molar-refractivity contribution in [2.45, 2.75) is 24.0 Å². The van der Waals surface area contributed by atoms with Gasteiger partial charge in [-0.15, -0.1) is 23.7 Å². The first-order chi connectivity index (χ1) is 12.3. The highest BCUT2D eigenvalue weighted by atomic mass is 35.5. The number of carbonyl (C=O) groups is 1. The number of nitrogens with one attached hydrogen (secondary N) is 2. The van der Waals surface area contributed by atoms with Gasteiger partial charge in [0, 0.05) is 23.8 Å². The molecule has 148 valence electrons. The second kappa shape index (κ2) is 8.64. The van der Waals surface area contributed by atoms with E-state index in [-0.39, 0.29) is 31.1 Å². The molecule has 2 N–H and O–H groups in total. The van der Waals surface area contributed by atoms with E-state index in [4.69, 9.17) is 0 Å². The van der Waals surface area contributed by atoms with Crippen LogP contribution < -0.4 is 10.6 Å². The molecule has 0 atom stereocenters. The Labute approximate surface area is 167 Å². The fraction of sp³-hybridized carbons (Fsp3) is 0.412. The van der Waals surface area contributed by atoms with E-state index in [2.05, 4.69) is 15.6 Å². The number of amides is 1. The van der Waals surface area contributed by atoms with Crippen molar-refractivity contribution in [3.05, 3.63) is 46.7 Å². The molecular formula is C17H21ClFN3O3S2. The topological polar surface area (TPSA) is 88.2 Å². The Morgan fingerprint density at radius 1 is 1.33 bits per heavy atom. The minimum atomic E-state index is -3.58. The standard InChI is InChI=1S/C17H20FN3O3S2.ClH/c1-26(23,24)17(6-8-19-9-7-17)15(22)21-16-20-11-13(25-16)10-12-4-2-3-5-14(12)18;/h2-5,11,19H,6-10H2,1H3,(H,20,21,22);1H. The molecule has 6 nitrogen and oxygen atoms in total. The average Bonchev–Trinajstić information content (AvgIpc) is 3.03. The molecular weight excluding hydrogens is 413 g/mol. The first-order valence-corrected chi connectivity index (χ1v) is 10.9. The van der Waals surface area contributed by atoms with Gasteiger partial charge in [-0.05, 0) is 37.6 Å². The molecule has 0 radical (unpaired) electrons. The third kappa shape index (κ3) is 4.66. The average molecular weight is 434 g/mol. The number of sulfone groups is 1. The van der Waals surface area contributed by atoms with Gasteiger partial charge in [0.15, 0.2) is 19.7 Å². The Kier molecular flexibility index (Phi) is 6.96. The Morgan fingerprint density at radius 3 is 2.63 bits per heavy atom. The van der Waals surface area contributed by atoms with Gasteiger partial charge in [-0.2, -0.15) is 0 Å². The van der Waals surface area contributed by atoms with Crippen molar-refractivity contribution in [2.24, 2.45) is 0 Å². The lowest BCUT2D eigenvalue weighted by Crippen LogP contribution is -2.55. The molecule has 2 aromatic rings. The monoisotopic (exact) mass is 433 g/mol. The largest absolute Gasteiger partial charge is 0.317 e. The zero-order valence-corrected chi connectivity index (χ0v) is 17.1. The lowest BCUT2D eigenvalue weighted by atomic mass is 9.96. The molecule has 1 aliphatic rings. The Morgan fingerprint density at radius 2 is 2.00 bits per heavy atom. The van der Waals surface area contributed by atoms with Gasteiger partial charge in [0.05, 0.1) is 0 Å². The summed E-state index contributed by atoms with van der Waals surface area (Å²) >= 11 is 1.22. The minimum Gasteiger partial charge on any atom is -0.317 e. The van der Waals surface area contributed by atoms with Gasteiger partial charge < -0.3 is 10.6 Å². The lowest BCUT2D eigenvalue weighted by Gasteiger charge is -2.33. The number of rotatable bonds is 5. The second-order valence-electron chi connectivity index (χ2n) is 6.37. The number of piperidine rings is 1. The molecule has 27 heavy (non-hydrogen) atoms. The molecule has 1 saturated heterocycles. The van der Waals surface area contributed by atoms with E-state index in [0.717, 1.165) is 11.1 Å². The summed E-state index contributed by atoms with van der Waals surface area (Å²) in [6, 6.07) is 6.48. The summed E-state index contributed by atoms with van der Waals surface area (Å²) in [5.41, 5.74) is 0.542. The molecule has 0 bridgehead atoms. The quantitative estimate of drug-likeness (QED) is 0.755. The maximum Gasteiger partial charge on any atom is 0.247 e. The van der Waals surface area contributed by atoms with Crippen LogP contribution in [0.3, 0.4) is 0 Å². The first-order valence-electron chi connectivity index (χ1n) is 8.22. The summed E-state index contributed by atoms with van der Waals surface area (Å²) in [5, 5.41) is 6.04. The van der Waals surface area contributed by atoms with Crippen LogP contribution in [0.4, 0.5) is 9.52 Å². The predicted molar refractivity (Wildman–Crippen MR) is 107 cm³/mol. The van der Waals surface area contributed by atoms with Crippen LogP contribution in [0, 0.1) is 5.82 Å². The zero-order chi connectivity index (χ0) is 18.8. The summed E-state index contributed by atoms with van der Waals surface area (Å²) < 4.78 is 36.9. The van der Waals surface area contributed by atoms with Gasteiger partial charge in [-0.3, -0.25) is 4.79 Å². The number of carbonyl (C=O) groups excluding carboxylic acids is 1. The molecule has 1 aromatic carbocycles. The molecule has 1 amide bonds. The number of aromatic nitrogens is 1. The fourth-order valence-corrected chi connectivity index (χ4v) is 5.25. The van der Waals surface area contributed by atoms with Crippen molar-refractivity contribution in [1.29, 1.82) is 0 Å². The highest BCUT2D eigenvalue weighted by Crippen LogP contribution is 2.30. The number of hydrogen-bond acceptors (Lipinski definition) is 6. The van der Waals surface area contributed by atoms with Crippen LogP contribution in [0.15, 0.2) is 30.5 Å². The number of thiazole rings is 1. The predicted octanol–water partition coefficient (Wildman–Crippen LogP) is 2.40. The van der Waals surface area contributed by atoms with Gasteiger partial charge in [-0.25, -0.2) is 17.8 Å². The SMILES string of the molecule is CS(=O)(=O)C1(C(=O)Nc2ncc(Cc3ccccc3F)s2)CCNCC1.Cl. The molecule has 10 heteroatoms. The Hall–Kier alpha value is -1.55. The molecule has 3 rings (SSSR count). The maximum absolute atomic E-state index is 13.8. The van der Waals surface area contributed by atoms with Crippen LogP contribution in [-0.4, -0.2) is 43.4 Å². The molecule has 1 fully saturated rings. The smallest absolute Gasteiger partial charge is 0.247 e. The number of nitrogens with zero attached hydrogens (tertiary/aromatic N) is 1. The van der Waals surface area contributed by atoms with Crippen LogP contribution in [0.5, 0.6) is 0 Å². The van der Waals surface area contributed by atoms with Crippen LogP contribution >= 0.6 is 23.7 Å².